The molecule has 0 aliphatic rings. The second-order valence-electron chi connectivity index (χ2n) is 4.54. The van der Waals surface area contributed by atoms with Gasteiger partial charge in [-0.15, -0.1) is 0 Å². The van der Waals surface area contributed by atoms with E-state index in [1.54, 1.807) is 0 Å². The van der Waals surface area contributed by atoms with Gasteiger partial charge in [0.2, 0.25) is 5.88 Å². The molecule has 0 spiro atoms. The number of benzene rings is 1. The summed E-state index contributed by atoms with van der Waals surface area (Å²) >= 11 is 16.3. The van der Waals surface area contributed by atoms with Crippen LogP contribution in [0.1, 0.15) is 5.56 Å². The highest BCUT2D eigenvalue weighted by Gasteiger charge is 2.30. The van der Waals surface area contributed by atoms with Crippen LogP contribution in [0.2, 0.25) is 0 Å². The van der Waals surface area contributed by atoms with Gasteiger partial charge in [-0.1, -0.05) is 40.9 Å². The summed E-state index contributed by atoms with van der Waals surface area (Å²) in [6.45, 7) is 0. The van der Waals surface area contributed by atoms with Gasteiger partial charge in [0, 0.05) is 6.07 Å². The van der Waals surface area contributed by atoms with Crippen LogP contribution in [0.3, 0.4) is 0 Å². The number of carbonyl (C=O) groups is 1. The molecular formula is C15H8Cl3F3N2O2. The van der Waals surface area contributed by atoms with E-state index < -0.39 is 27.2 Å². The summed E-state index contributed by atoms with van der Waals surface area (Å²) in [5.41, 5.74) is -0.581. The van der Waals surface area contributed by atoms with E-state index in [2.05, 4.69) is 10.3 Å². The number of carbonyl (C=O) groups excluding carboxylic acids is 1. The van der Waals surface area contributed by atoms with Crippen LogP contribution >= 0.6 is 34.8 Å². The van der Waals surface area contributed by atoms with Crippen LogP contribution < -0.4 is 10.1 Å². The maximum Gasteiger partial charge on any atom is 0.416 e. The summed E-state index contributed by atoms with van der Waals surface area (Å²) in [4.78, 5) is 15.5. The number of pyridine rings is 1. The van der Waals surface area contributed by atoms with Crippen LogP contribution in [0.5, 0.6) is 11.6 Å². The SMILES string of the molecule is O=C(Nc1ccc(Oc2cccc(C(F)(F)F)c2)nc1)C(Cl)=C(Cl)Cl. The van der Waals surface area contributed by atoms with Gasteiger partial charge in [0.05, 0.1) is 17.4 Å². The first-order valence-electron chi connectivity index (χ1n) is 6.50. The molecular weight excluding hydrogens is 404 g/mol. The minimum atomic E-state index is -4.47. The molecule has 1 aromatic carbocycles. The fourth-order valence-corrected chi connectivity index (χ4v) is 1.86. The normalized spacial score (nSPS) is 11.0. The molecule has 0 unspecified atom stereocenters. The smallest absolute Gasteiger partial charge is 0.416 e. The molecule has 1 aromatic heterocycles. The first kappa shape index (κ1) is 19.4. The van der Waals surface area contributed by atoms with Gasteiger partial charge in [-0.25, -0.2) is 4.98 Å². The molecule has 0 atom stereocenters. The fraction of sp³-hybridized carbons (Fsp3) is 0.0667. The number of aromatic nitrogens is 1. The number of anilines is 1. The third-order valence-corrected chi connectivity index (χ3v) is 3.68. The lowest BCUT2D eigenvalue weighted by Gasteiger charge is -2.10. The molecule has 0 aliphatic carbocycles. The Morgan fingerprint density at radius 2 is 1.84 bits per heavy atom. The highest BCUT2D eigenvalue weighted by molar-refractivity contribution is 6.63. The molecule has 0 fully saturated rings. The standard InChI is InChI=1S/C15H8Cl3F3N2O2/c16-12(13(17)18)14(24)23-9-4-5-11(22-7-9)25-10-3-1-2-8(6-10)15(19,20)21/h1-7H,(H,23,24). The lowest BCUT2D eigenvalue weighted by Crippen LogP contribution is -2.12. The fourth-order valence-electron chi connectivity index (χ4n) is 1.64. The largest absolute Gasteiger partial charge is 0.439 e. The van der Waals surface area contributed by atoms with E-state index in [9.17, 15) is 18.0 Å². The topological polar surface area (TPSA) is 51.2 Å². The average molecular weight is 412 g/mol. The minimum Gasteiger partial charge on any atom is -0.439 e. The molecule has 4 nitrogen and oxygen atoms in total. The molecule has 0 radical (unpaired) electrons. The van der Waals surface area contributed by atoms with Crippen molar-refractivity contribution in [1.29, 1.82) is 0 Å². The summed E-state index contributed by atoms with van der Waals surface area (Å²) in [5.74, 6) is -0.733. The second-order valence-corrected chi connectivity index (χ2v) is 5.87. The van der Waals surface area contributed by atoms with Crippen molar-refractivity contribution >= 4 is 46.4 Å². The highest BCUT2D eigenvalue weighted by Crippen LogP contribution is 2.32. The lowest BCUT2D eigenvalue weighted by molar-refractivity contribution is -0.137. The Bertz CT molecular complexity index is 804. The highest BCUT2D eigenvalue weighted by atomic mass is 35.5. The third-order valence-electron chi connectivity index (χ3n) is 2.74. The molecule has 0 saturated heterocycles. The number of ether oxygens (including phenoxy) is 1. The lowest BCUT2D eigenvalue weighted by atomic mass is 10.2. The zero-order valence-corrected chi connectivity index (χ0v) is 14.3. The predicted molar refractivity (Wildman–Crippen MR) is 89.0 cm³/mol. The van der Waals surface area contributed by atoms with Crippen LogP contribution in [0.25, 0.3) is 0 Å². The van der Waals surface area contributed by atoms with Gasteiger partial charge in [0.1, 0.15) is 15.3 Å². The Hall–Kier alpha value is -1.96. The van der Waals surface area contributed by atoms with Crippen molar-refractivity contribution in [2.45, 2.75) is 6.18 Å². The molecule has 10 heteroatoms. The first-order valence-corrected chi connectivity index (χ1v) is 7.63. The van der Waals surface area contributed by atoms with E-state index in [4.69, 9.17) is 39.5 Å². The van der Waals surface area contributed by atoms with Crippen molar-refractivity contribution in [3.8, 4) is 11.6 Å². The molecule has 0 aliphatic heterocycles. The molecule has 1 N–H and O–H groups in total. The Labute approximate surface area is 155 Å². The zero-order chi connectivity index (χ0) is 18.6. The molecule has 1 heterocycles. The second kappa shape index (κ2) is 7.95. The van der Waals surface area contributed by atoms with Crippen molar-refractivity contribution in [3.05, 3.63) is 57.7 Å². The quantitative estimate of drug-likeness (QED) is 0.655. The van der Waals surface area contributed by atoms with Crippen LogP contribution in [-0.2, 0) is 11.0 Å². The third kappa shape index (κ3) is 5.52. The van der Waals surface area contributed by atoms with Gasteiger partial charge in [0.25, 0.3) is 5.91 Å². The van der Waals surface area contributed by atoms with Crippen LogP contribution in [0.4, 0.5) is 18.9 Å². The van der Waals surface area contributed by atoms with E-state index in [-0.39, 0.29) is 17.3 Å². The number of nitrogens with zero attached hydrogens (tertiary/aromatic N) is 1. The Balaban J connectivity index is 2.09. The summed E-state index contributed by atoms with van der Waals surface area (Å²) < 4.78 is 42.8. The van der Waals surface area contributed by atoms with E-state index >= 15 is 0 Å². The molecule has 1 amide bonds. The monoisotopic (exact) mass is 410 g/mol. The molecule has 132 valence electrons. The van der Waals surface area contributed by atoms with Gasteiger partial charge in [-0.3, -0.25) is 4.79 Å². The molecule has 2 aromatic rings. The van der Waals surface area contributed by atoms with Gasteiger partial charge in [0.15, 0.2) is 0 Å². The number of alkyl halides is 3. The maximum atomic E-state index is 12.7. The van der Waals surface area contributed by atoms with Crippen molar-refractivity contribution in [2.24, 2.45) is 0 Å². The van der Waals surface area contributed by atoms with Crippen molar-refractivity contribution < 1.29 is 22.7 Å². The van der Waals surface area contributed by atoms with E-state index in [0.29, 0.717) is 0 Å². The van der Waals surface area contributed by atoms with Crippen LogP contribution in [0, 0.1) is 0 Å². The number of rotatable bonds is 4. The predicted octanol–water partition coefficient (Wildman–Crippen LogP) is 5.72. The Morgan fingerprint density at radius 3 is 2.40 bits per heavy atom. The minimum absolute atomic E-state index is 0.0287. The number of hydrogen-bond donors (Lipinski definition) is 1. The summed E-state index contributed by atoms with van der Waals surface area (Å²) in [7, 11) is 0. The summed E-state index contributed by atoms with van der Waals surface area (Å²) in [6, 6.07) is 7.13. The van der Waals surface area contributed by atoms with Gasteiger partial charge < -0.3 is 10.1 Å². The van der Waals surface area contributed by atoms with Crippen molar-refractivity contribution in [1.82, 2.24) is 4.98 Å². The average Bonchev–Trinajstić information content (AvgIpc) is 2.55. The van der Waals surface area contributed by atoms with Gasteiger partial charge in [-0.05, 0) is 24.3 Å². The van der Waals surface area contributed by atoms with Gasteiger partial charge >= 0.3 is 6.18 Å². The van der Waals surface area contributed by atoms with Crippen molar-refractivity contribution in [2.75, 3.05) is 5.32 Å². The zero-order valence-electron chi connectivity index (χ0n) is 12.1. The number of nitrogens with one attached hydrogen (secondary N) is 1. The summed E-state index contributed by atoms with van der Waals surface area (Å²) in [6.07, 6.45) is -3.25. The molecule has 2 rings (SSSR count). The van der Waals surface area contributed by atoms with Gasteiger partial charge in [-0.2, -0.15) is 13.2 Å². The molecule has 0 saturated carbocycles. The van der Waals surface area contributed by atoms with Crippen LogP contribution in [-0.4, -0.2) is 10.9 Å². The first-order chi connectivity index (χ1) is 11.7. The van der Waals surface area contributed by atoms with E-state index in [0.717, 1.165) is 12.1 Å². The van der Waals surface area contributed by atoms with Crippen LogP contribution in [0.15, 0.2) is 52.1 Å². The molecule has 0 bridgehead atoms. The number of hydrogen-bond acceptors (Lipinski definition) is 3. The molecule has 25 heavy (non-hydrogen) atoms. The van der Waals surface area contributed by atoms with Crippen molar-refractivity contribution in [3.63, 3.8) is 0 Å². The van der Waals surface area contributed by atoms with E-state index in [1.165, 1.54) is 30.5 Å². The Kier molecular flexibility index (Phi) is 6.16. The maximum absolute atomic E-state index is 12.7. The van der Waals surface area contributed by atoms with E-state index in [1.807, 2.05) is 0 Å². The summed E-state index contributed by atoms with van der Waals surface area (Å²) in [5, 5.41) is 1.98. The number of amides is 1. The Morgan fingerprint density at radius 1 is 1.12 bits per heavy atom. The number of halogens is 6.